The molecule has 23 heavy (non-hydrogen) atoms. The van der Waals surface area contributed by atoms with Gasteiger partial charge in [-0.2, -0.15) is 0 Å². The molecule has 3 rings (SSSR count). The van der Waals surface area contributed by atoms with Crippen LogP contribution in [-0.4, -0.2) is 49.2 Å². The van der Waals surface area contributed by atoms with Crippen molar-refractivity contribution in [1.82, 2.24) is 9.88 Å². The van der Waals surface area contributed by atoms with Gasteiger partial charge in [0.25, 0.3) is 5.91 Å². The number of hydrogen-bond donors (Lipinski definition) is 1. The average Bonchev–Trinajstić information content (AvgIpc) is 2.63. The van der Waals surface area contributed by atoms with E-state index in [4.69, 9.17) is 9.47 Å². The summed E-state index contributed by atoms with van der Waals surface area (Å²) in [6.45, 7) is 2.37. The normalized spacial score (nSPS) is 14.4. The van der Waals surface area contributed by atoms with E-state index in [1.165, 1.54) is 0 Å². The average molecular weight is 313 g/mol. The van der Waals surface area contributed by atoms with Gasteiger partial charge >= 0.3 is 0 Å². The van der Waals surface area contributed by atoms with E-state index in [0.29, 0.717) is 32.0 Å². The highest BCUT2D eigenvalue weighted by atomic mass is 16.5. The zero-order valence-corrected chi connectivity index (χ0v) is 13.0. The van der Waals surface area contributed by atoms with Gasteiger partial charge in [0.15, 0.2) is 0 Å². The highest BCUT2D eigenvalue weighted by Gasteiger charge is 2.19. The maximum atomic E-state index is 12.5. The number of carbonyl (C=O) groups is 1. The van der Waals surface area contributed by atoms with E-state index >= 15 is 0 Å². The largest absolute Gasteiger partial charge is 0.497 e. The van der Waals surface area contributed by atoms with Crippen molar-refractivity contribution < 1.29 is 14.3 Å². The zero-order chi connectivity index (χ0) is 16.1. The molecule has 0 bridgehead atoms. The fourth-order valence-electron chi connectivity index (χ4n) is 2.39. The molecule has 6 nitrogen and oxygen atoms in total. The molecule has 0 spiro atoms. The van der Waals surface area contributed by atoms with Crippen LogP contribution in [0.1, 0.15) is 10.5 Å². The Morgan fingerprint density at radius 2 is 1.91 bits per heavy atom. The van der Waals surface area contributed by atoms with Crippen molar-refractivity contribution in [3.63, 3.8) is 0 Å². The number of methoxy groups -OCH3 is 1. The van der Waals surface area contributed by atoms with Gasteiger partial charge < -0.3 is 19.7 Å². The third kappa shape index (κ3) is 3.78. The first kappa shape index (κ1) is 15.3. The van der Waals surface area contributed by atoms with E-state index in [1.807, 2.05) is 30.3 Å². The molecule has 120 valence electrons. The van der Waals surface area contributed by atoms with Gasteiger partial charge in [0.05, 0.1) is 20.3 Å². The number of nitrogens with one attached hydrogen (secondary N) is 1. The Morgan fingerprint density at radius 3 is 2.61 bits per heavy atom. The summed E-state index contributed by atoms with van der Waals surface area (Å²) in [5.74, 6) is 0.736. The van der Waals surface area contributed by atoms with E-state index in [2.05, 4.69) is 10.3 Å². The number of morpholine rings is 1. The number of hydrogen-bond acceptors (Lipinski definition) is 5. The van der Waals surface area contributed by atoms with Gasteiger partial charge in [0, 0.05) is 30.7 Å². The fraction of sp³-hybridized carbons (Fsp3) is 0.294. The van der Waals surface area contributed by atoms with Gasteiger partial charge in [-0.15, -0.1) is 0 Å². The molecule has 1 aromatic heterocycles. The Kier molecular flexibility index (Phi) is 4.73. The molecule has 2 heterocycles. The number of aromatic nitrogens is 1. The van der Waals surface area contributed by atoms with Gasteiger partial charge in [0.2, 0.25) is 0 Å². The Balaban J connectivity index is 1.72. The molecule has 2 aromatic rings. The first-order valence-electron chi connectivity index (χ1n) is 7.50. The topological polar surface area (TPSA) is 63.7 Å². The quantitative estimate of drug-likeness (QED) is 0.938. The van der Waals surface area contributed by atoms with Crippen LogP contribution in [0.4, 0.5) is 11.4 Å². The van der Waals surface area contributed by atoms with Crippen LogP contribution in [0.5, 0.6) is 5.75 Å². The minimum atomic E-state index is -0.0633. The first-order chi connectivity index (χ1) is 11.3. The van der Waals surface area contributed by atoms with E-state index in [9.17, 15) is 4.79 Å². The van der Waals surface area contributed by atoms with Gasteiger partial charge in [-0.3, -0.25) is 9.78 Å². The molecule has 0 saturated carbocycles. The van der Waals surface area contributed by atoms with Crippen LogP contribution in [0.15, 0.2) is 42.6 Å². The van der Waals surface area contributed by atoms with E-state index in [-0.39, 0.29) is 5.91 Å². The number of anilines is 2. The van der Waals surface area contributed by atoms with Crippen molar-refractivity contribution in [2.45, 2.75) is 0 Å². The number of benzene rings is 1. The Bertz CT molecular complexity index is 667. The van der Waals surface area contributed by atoms with Crippen molar-refractivity contribution >= 4 is 17.3 Å². The van der Waals surface area contributed by atoms with Crippen LogP contribution in [0, 0.1) is 0 Å². The summed E-state index contributed by atoms with van der Waals surface area (Å²) in [6, 6.07) is 11.2. The molecular weight excluding hydrogens is 294 g/mol. The molecule has 1 aromatic carbocycles. The summed E-state index contributed by atoms with van der Waals surface area (Å²) in [4.78, 5) is 18.4. The third-order valence-corrected chi connectivity index (χ3v) is 3.66. The van der Waals surface area contributed by atoms with Crippen LogP contribution in [0.2, 0.25) is 0 Å². The summed E-state index contributed by atoms with van der Waals surface area (Å²) in [6.07, 6.45) is 1.64. The number of pyridine rings is 1. The summed E-state index contributed by atoms with van der Waals surface area (Å²) in [5, 5.41) is 3.26. The Labute approximate surface area is 135 Å². The lowest BCUT2D eigenvalue weighted by Crippen LogP contribution is -2.41. The highest BCUT2D eigenvalue weighted by Crippen LogP contribution is 2.20. The van der Waals surface area contributed by atoms with Crippen LogP contribution in [0.3, 0.4) is 0 Å². The molecule has 1 aliphatic rings. The zero-order valence-electron chi connectivity index (χ0n) is 13.0. The molecular formula is C17H19N3O3. The predicted octanol–water partition coefficient (Wildman–Crippen LogP) is 2.31. The number of nitrogens with zero attached hydrogens (tertiary/aromatic N) is 2. The summed E-state index contributed by atoms with van der Waals surface area (Å²) in [7, 11) is 1.63. The fourth-order valence-corrected chi connectivity index (χ4v) is 2.39. The smallest absolute Gasteiger partial charge is 0.272 e. The molecule has 6 heteroatoms. The molecule has 0 unspecified atom stereocenters. The number of ether oxygens (including phenoxy) is 2. The minimum absolute atomic E-state index is 0.0633. The van der Waals surface area contributed by atoms with Crippen LogP contribution in [0.25, 0.3) is 0 Å². The summed E-state index contributed by atoms with van der Waals surface area (Å²) in [5.41, 5.74) is 2.17. The van der Waals surface area contributed by atoms with E-state index in [0.717, 1.165) is 17.1 Å². The molecule has 1 N–H and O–H groups in total. The molecule has 1 amide bonds. The summed E-state index contributed by atoms with van der Waals surface area (Å²) < 4.78 is 10.4. The molecule has 0 atom stereocenters. The number of carbonyl (C=O) groups excluding carboxylic acids is 1. The molecule has 1 saturated heterocycles. The number of rotatable bonds is 4. The lowest BCUT2D eigenvalue weighted by molar-refractivity contribution is 0.0299. The van der Waals surface area contributed by atoms with Crippen LogP contribution >= 0.6 is 0 Å². The van der Waals surface area contributed by atoms with E-state index < -0.39 is 0 Å². The SMILES string of the molecule is COc1ccc(Nc2ccnc(C(=O)N3CCOCC3)c2)cc1. The van der Waals surface area contributed by atoms with E-state index in [1.54, 1.807) is 24.3 Å². The maximum absolute atomic E-state index is 12.5. The second-order valence-electron chi connectivity index (χ2n) is 5.19. The number of amides is 1. The standard InChI is InChI=1S/C17H19N3O3/c1-22-15-4-2-13(3-5-15)19-14-6-7-18-16(12-14)17(21)20-8-10-23-11-9-20/h2-7,12H,8-11H2,1H3,(H,18,19). The van der Waals surface area contributed by atoms with Crippen molar-refractivity contribution in [3.05, 3.63) is 48.3 Å². The van der Waals surface area contributed by atoms with Crippen LogP contribution in [-0.2, 0) is 4.74 Å². The lowest BCUT2D eigenvalue weighted by atomic mass is 10.2. The van der Waals surface area contributed by atoms with Gasteiger partial charge in [0.1, 0.15) is 11.4 Å². The monoisotopic (exact) mass is 313 g/mol. The molecule has 1 aliphatic heterocycles. The van der Waals surface area contributed by atoms with Crippen LogP contribution < -0.4 is 10.1 Å². The van der Waals surface area contributed by atoms with Crippen molar-refractivity contribution in [1.29, 1.82) is 0 Å². The highest BCUT2D eigenvalue weighted by molar-refractivity contribution is 5.93. The molecule has 0 radical (unpaired) electrons. The van der Waals surface area contributed by atoms with Gasteiger partial charge in [-0.1, -0.05) is 0 Å². The second-order valence-corrected chi connectivity index (χ2v) is 5.19. The van der Waals surface area contributed by atoms with Gasteiger partial charge in [-0.25, -0.2) is 0 Å². The minimum Gasteiger partial charge on any atom is -0.497 e. The lowest BCUT2D eigenvalue weighted by Gasteiger charge is -2.26. The molecule has 0 aliphatic carbocycles. The molecule has 1 fully saturated rings. The van der Waals surface area contributed by atoms with Crippen molar-refractivity contribution in [2.75, 3.05) is 38.7 Å². The summed E-state index contributed by atoms with van der Waals surface area (Å²) >= 11 is 0. The Morgan fingerprint density at radius 1 is 1.17 bits per heavy atom. The maximum Gasteiger partial charge on any atom is 0.272 e. The van der Waals surface area contributed by atoms with Gasteiger partial charge in [-0.05, 0) is 36.4 Å². The van der Waals surface area contributed by atoms with Crippen molar-refractivity contribution in [2.24, 2.45) is 0 Å². The third-order valence-electron chi connectivity index (χ3n) is 3.66. The predicted molar refractivity (Wildman–Crippen MR) is 87.2 cm³/mol. The second kappa shape index (κ2) is 7.11. The Hall–Kier alpha value is -2.60. The van der Waals surface area contributed by atoms with Crippen molar-refractivity contribution in [3.8, 4) is 5.75 Å². The first-order valence-corrected chi connectivity index (χ1v) is 7.50.